The van der Waals surface area contributed by atoms with E-state index in [4.69, 9.17) is 9.15 Å². The molecule has 2 aromatic carbocycles. The van der Waals surface area contributed by atoms with Gasteiger partial charge in [-0.25, -0.2) is 0 Å². The first-order valence-corrected chi connectivity index (χ1v) is 8.82. The van der Waals surface area contributed by atoms with Gasteiger partial charge in [0.15, 0.2) is 5.76 Å². The van der Waals surface area contributed by atoms with Crippen molar-refractivity contribution in [1.82, 2.24) is 0 Å². The van der Waals surface area contributed by atoms with Gasteiger partial charge in [-0.2, -0.15) is 0 Å². The van der Waals surface area contributed by atoms with E-state index >= 15 is 0 Å². The summed E-state index contributed by atoms with van der Waals surface area (Å²) in [6.45, 7) is 7.89. The number of amides is 1. The van der Waals surface area contributed by atoms with E-state index in [9.17, 15) is 9.90 Å². The van der Waals surface area contributed by atoms with Crippen molar-refractivity contribution in [1.29, 1.82) is 0 Å². The predicted molar refractivity (Wildman–Crippen MR) is 105 cm³/mol. The van der Waals surface area contributed by atoms with E-state index in [1.807, 2.05) is 45.9 Å². The highest BCUT2D eigenvalue weighted by Crippen LogP contribution is 2.35. The normalized spacial score (nSPS) is 10.9. The topological polar surface area (TPSA) is 71.7 Å². The average Bonchev–Trinajstić information content (AvgIpc) is 3.14. The standard InChI is InChI=1S/C22H23NO4/c1-13(2)18-12-17(7-8-19(18)24)27-21-14(3)10-16(11-15(21)4)23-22(25)20-6-5-9-26-20/h5-13,24H,1-4H3,(H,23,25). The van der Waals surface area contributed by atoms with Crippen molar-refractivity contribution < 1.29 is 19.1 Å². The highest BCUT2D eigenvalue weighted by atomic mass is 16.5. The molecule has 5 heteroatoms. The first-order valence-electron chi connectivity index (χ1n) is 8.82. The van der Waals surface area contributed by atoms with Crippen LogP contribution in [-0.2, 0) is 0 Å². The largest absolute Gasteiger partial charge is 0.508 e. The first kappa shape index (κ1) is 18.6. The number of nitrogens with one attached hydrogen (secondary N) is 1. The molecule has 140 valence electrons. The van der Waals surface area contributed by atoms with Gasteiger partial charge in [-0.05, 0) is 73.4 Å². The number of aromatic hydroxyl groups is 1. The van der Waals surface area contributed by atoms with E-state index in [-0.39, 0.29) is 23.3 Å². The molecular weight excluding hydrogens is 342 g/mol. The summed E-state index contributed by atoms with van der Waals surface area (Å²) in [7, 11) is 0. The van der Waals surface area contributed by atoms with Crippen LogP contribution in [0.3, 0.4) is 0 Å². The summed E-state index contributed by atoms with van der Waals surface area (Å²) >= 11 is 0. The molecule has 3 rings (SSSR count). The fourth-order valence-corrected chi connectivity index (χ4v) is 2.96. The number of furan rings is 1. The Hall–Kier alpha value is -3.21. The molecule has 1 amide bonds. The number of phenolic OH excluding ortho intramolecular Hbond substituents is 1. The molecule has 27 heavy (non-hydrogen) atoms. The van der Waals surface area contributed by atoms with Crippen LogP contribution in [0.2, 0.25) is 0 Å². The average molecular weight is 365 g/mol. The molecule has 0 aliphatic carbocycles. The number of carbonyl (C=O) groups excluding carboxylic acids is 1. The van der Waals surface area contributed by atoms with E-state index in [1.165, 1.54) is 6.26 Å². The number of anilines is 1. The van der Waals surface area contributed by atoms with Crippen molar-refractivity contribution >= 4 is 11.6 Å². The molecule has 0 atom stereocenters. The summed E-state index contributed by atoms with van der Waals surface area (Å²) in [5.74, 6) is 1.81. The summed E-state index contributed by atoms with van der Waals surface area (Å²) in [6.07, 6.45) is 1.46. The van der Waals surface area contributed by atoms with Crippen LogP contribution in [-0.4, -0.2) is 11.0 Å². The van der Waals surface area contributed by atoms with Gasteiger partial charge in [-0.15, -0.1) is 0 Å². The first-order chi connectivity index (χ1) is 12.8. The van der Waals surface area contributed by atoms with Crippen LogP contribution in [0.1, 0.15) is 47.0 Å². The summed E-state index contributed by atoms with van der Waals surface area (Å²) < 4.78 is 11.2. The zero-order chi connectivity index (χ0) is 19.6. The Morgan fingerprint density at radius 2 is 1.81 bits per heavy atom. The number of hydrogen-bond acceptors (Lipinski definition) is 4. The van der Waals surface area contributed by atoms with Crippen molar-refractivity contribution in [2.24, 2.45) is 0 Å². The van der Waals surface area contributed by atoms with E-state index in [1.54, 1.807) is 24.3 Å². The lowest BCUT2D eigenvalue weighted by Gasteiger charge is -2.16. The van der Waals surface area contributed by atoms with Crippen molar-refractivity contribution in [3.05, 3.63) is 71.2 Å². The van der Waals surface area contributed by atoms with Gasteiger partial charge in [-0.3, -0.25) is 4.79 Å². The van der Waals surface area contributed by atoms with Crippen LogP contribution in [0.25, 0.3) is 0 Å². The maximum absolute atomic E-state index is 12.1. The zero-order valence-corrected chi connectivity index (χ0v) is 15.9. The second-order valence-electron chi connectivity index (χ2n) is 6.85. The molecular formula is C22H23NO4. The number of hydrogen-bond donors (Lipinski definition) is 2. The van der Waals surface area contributed by atoms with Crippen LogP contribution in [0.15, 0.2) is 53.1 Å². The fraction of sp³-hybridized carbons (Fsp3) is 0.227. The minimum atomic E-state index is -0.299. The Bertz CT molecular complexity index is 935. The molecule has 0 aliphatic rings. The van der Waals surface area contributed by atoms with Gasteiger partial charge in [0.25, 0.3) is 5.91 Å². The molecule has 0 aliphatic heterocycles. The van der Waals surface area contributed by atoms with Gasteiger partial charge < -0.3 is 19.6 Å². The Morgan fingerprint density at radius 3 is 2.41 bits per heavy atom. The quantitative estimate of drug-likeness (QED) is 0.602. The molecule has 3 aromatic rings. The minimum Gasteiger partial charge on any atom is -0.508 e. The molecule has 0 saturated heterocycles. The Morgan fingerprint density at radius 1 is 1.11 bits per heavy atom. The maximum Gasteiger partial charge on any atom is 0.291 e. The summed E-state index contributed by atoms with van der Waals surface area (Å²) in [4.78, 5) is 12.1. The summed E-state index contributed by atoms with van der Waals surface area (Å²) in [5, 5.41) is 12.8. The monoisotopic (exact) mass is 365 g/mol. The van der Waals surface area contributed by atoms with E-state index in [2.05, 4.69) is 5.32 Å². The number of rotatable bonds is 5. The molecule has 5 nitrogen and oxygen atoms in total. The molecule has 0 fully saturated rings. The smallest absolute Gasteiger partial charge is 0.291 e. The van der Waals surface area contributed by atoms with Crippen LogP contribution in [0.4, 0.5) is 5.69 Å². The second-order valence-corrected chi connectivity index (χ2v) is 6.85. The van der Waals surface area contributed by atoms with Crippen molar-refractivity contribution in [3.8, 4) is 17.2 Å². The Labute approximate surface area is 158 Å². The highest BCUT2D eigenvalue weighted by Gasteiger charge is 2.14. The van der Waals surface area contributed by atoms with E-state index in [0.29, 0.717) is 11.4 Å². The number of carbonyl (C=O) groups is 1. The van der Waals surface area contributed by atoms with Crippen LogP contribution in [0, 0.1) is 13.8 Å². The molecule has 1 heterocycles. The van der Waals surface area contributed by atoms with E-state index in [0.717, 1.165) is 22.4 Å². The molecule has 0 radical (unpaired) electrons. The highest BCUT2D eigenvalue weighted by molar-refractivity contribution is 6.02. The second kappa shape index (κ2) is 7.58. The molecule has 0 saturated carbocycles. The van der Waals surface area contributed by atoms with Crippen LogP contribution < -0.4 is 10.1 Å². The number of benzene rings is 2. The number of phenols is 1. The lowest BCUT2D eigenvalue weighted by atomic mass is 10.0. The maximum atomic E-state index is 12.1. The van der Waals surface area contributed by atoms with Crippen molar-refractivity contribution in [3.63, 3.8) is 0 Å². The summed E-state index contributed by atoms with van der Waals surface area (Å²) in [6, 6.07) is 12.2. The molecule has 0 unspecified atom stereocenters. The van der Waals surface area contributed by atoms with Crippen LogP contribution >= 0.6 is 0 Å². The summed E-state index contributed by atoms with van der Waals surface area (Å²) in [5.41, 5.74) is 3.30. The minimum absolute atomic E-state index is 0.190. The van der Waals surface area contributed by atoms with Crippen molar-refractivity contribution in [2.75, 3.05) is 5.32 Å². The Kier molecular flexibility index (Phi) is 5.21. The third-order valence-electron chi connectivity index (χ3n) is 4.30. The van der Waals surface area contributed by atoms with Gasteiger partial charge in [0, 0.05) is 11.3 Å². The lowest BCUT2D eigenvalue weighted by Crippen LogP contribution is -2.11. The fourth-order valence-electron chi connectivity index (χ4n) is 2.96. The zero-order valence-electron chi connectivity index (χ0n) is 15.9. The van der Waals surface area contributed by atoms with Crippen LogP contribution in [0.5, 0.6) is 17.2 Å². The Balaban J connectivity index is 1.83. The predicted octanol–water partition coefficient (Wildman–Crippen LogP) is 5.77. The third-order valence-corrected chi connectivity index (χ3v) is 4.30. The van der Waals surface area contributed by atoms with Gasteiger partial charge >= 0.3 is 0 Å². The van der Waals surface area contributed by atoms with Gasteiger partial charge in [-0.1, -0.05) is 13.8 Å². The number of ether oxygens (including phenoxy) is 1. The molecule has 1 aromatic heterocycles. The molecule has 0 spiro atoms. The number of aryl methyl sites for hydroxylation is 2. The molecule has 2 N–H and O–H groups in total. The van der Waals surface area contributed by atoms with Gasteiger partial charge in [0.2, 0.25) is 0 Å². The third kappa shape index (κ3) is 4.14. The van der Waals surface area contributed by atoms with Gasteiger partial charge in [0.1, 0.15) is 17.2 Å². The SMILES string of the molecule is Cc1cc(NC(=O)c2ccco2)cc(C)c1Oc1ccc(O)c(C(C)C)c1. The van der Waals surface area contributed by atoms with Crippen molar-refractivity contribution in [2.45, 2.75) is 33.6 Å². The lowest BCUT2D eigenvalue weighted by molar-refractivity contribution is 0.0996. The van der Waals surface area contributed by atoms with E-state index < -0.39 is 0 Å². The van der Waals surface area contributed by atoms with Gasteiger partial charge in [0.05, 0.1) is 6.26 Å². The molecule has 0 bridgehead atoms.